The fraction of sp³-hybridized carbons (Fsp3) is 0.154. The summed E-state index contributed by atoms with van der Waals surface area (Å²) in [5.41, 5.74) is 1.78. The van der Waals surface area contributed by atoms with Crippen LogP contribution in [0.15, 0.2) is 42.0 Å². The van der Waals surface area contributed by atoms with Gasteiger partial charge < -0.3 is 5.32 Å². The molecular formula is C13H10N2O2. The maximum absolute atomic E-state index is 12.3. The summed E-state index contributed by atoms with van der Waals surface area (Å²) in [6.45, 7) is 1.91. The van der Waals surface area contributed by atoms with Gasteiger partial charge in [0.25, 0.3) is 0 Å². The molecule has 1 aliphatic heterocycles. The first kappa shape index (κ1) is 9.96. The van der Waals surface area contributed by atoms with Crippen LogP contribution >= 0.6 is 0 Å². The van der Waals surface area contributed by atoms with Gasteiger partial charge in [0.05, 0.1) is 11.3 Å². The average Bonchev–Trinajstić information content (AvgIpc) is 2.36. The Bertz CT molecular complexity index is 599. The fourth-order valence-electron chi connectivity index (χ4n) is 2.24. The minimum Gasteiger partial charge on any atom is -0.358 e. The second kappa shape index (κ2) is 3.38. The molecule has 2 heterocycles. The van der Waals surface area contributed by atoms with Crippen LogP contribution in [0.1, 0.15) is 27.6 Å². The van der Waals surface area contributed by atoms with E-state index in [1.165, 1.54) is 12.4 Å². The normalized spacial score (nSPS) is 22.1. The van der Waals surface area contributed by atoms with E-state index in [9.17, 15) is 9.59 Å². The van der Waals surface area contributed by atoms with Crippen LogP contribution in [0.25, 0.3) is 0 Å². The van der Waals surface area contributed by atoms with E-state index in [-0.39, 0.29) is 17.5 Å². The van der Waals surface area contributed by atoms with Crippen molar-refractivity contribution in [3.05, 3.63) is 53.1 Å². The first-order valence-corrected chi connectivity index (χ1v) is 5.41. The molecular weight excluding hydrogens is 216 g/mol. The molecule has 0 fully saturated rings. The topological polar surface area (TPSA) is 59.1 Å². The van der Waals surface area contributed by atoms with E-state index in [2.05, 4.69) is 10.3 Å². The number of rotatable bonds is 0. The SMILES string of the molecule is CC1C=CNC2=C1C(=O)c1ccncc1C2=O. The molecule has 2 aliphatic rings. The molecule has 1 aromatic rings. The van der Waals surface area contributed by atoms with E-state index in [1.54, 1.807) is 12.3 Å². The van der Waals surface area contributed by atoms with Gasteiger partial charge in [-0.3, -0.25) is 14.6 Å². The Hall–Kier alpha value is -2.23. The zero-order chi connectivity index (χ0) is 12.0. The van der Waals surface area contributed by atoms with Crippen molar-refractivity contribution in [3.8, 4) is 0 Å². The Morgan fingerprint density at radius 3 is 2.88 bits per heavy atom. The van der Waals surface area contributed by atoms with Crippen molar-refractivity contribution >= 4 is 11.6 Å². The highest BCUT2D eigenvalue weighted by atomic mass is 16.1. The number of dihydropyridines is 1. The number of hydrogen-bond acceptors (Lipinski definition) is 4. The molecule has 3 rings (SSSR count). The van der Waals surface area contributed by atoms with Gasteiger partial charge in [0.2, 0.25) is 5.78 Å². The second-order valence-electron chi connectivity index (χ2n) is 4.16. The molecule has 0 saturated carbocycles. The Balaban J connectivity index is 2.24. The van der Waals surface area contributed by atoms with Crippen LogP contribution in [0.4, 0.5) is 0 Å². The van der Waals surface area contributed by atoms with Gasteiger partial charge in [0, 0.05) is 29.4 Å². The Kier molecular flexibility index (Phi) is 1.98. The standard InChI is InChI=1S/C13H10N2O2/c1-7-2-5-15-11-10(7)12(16)8-3-4-14-6-9(8)13(11)17/h2-7,15H,1H3. The van der Waals surface area contributed by atoms with E-state index < -0.39 is 0 Å². The summed E-state index contributed by atoms with van der Waals surface area (Å²) in [4.78, 5) is 28.4. The van der Waals surface area contributed by atoms with Gasteiger partial charge in [-0.15, -0.1) is 0 Å². The monoisotopic (exact) mass is 226 g/mol. The number of allylic oxidation sites excluding steroid dienone is 3. The average molecular weight is 226 g/mol. The summed E-state index contributed by atoms with van der Waals surface area (Å²) >= 11 is 0. The quantitative estimate of drug-likeness (QED) is 0.727. The van der Waals surface area contributed by atoms with E-state index in [0.29, 0.717) is 22.4 Å². The molecule has 1 unspecified atom stereocenters. The third-order valence-corrected chi connectivity index (χ3v) is 3.12. The molecule has 0 bridgehead atoms. The number of aromatic nitrogens is 1. The molecule has 1 N–H and O–H groups in total. The van der Waals surface area contributed by atoms with Crippen molar-refractivity contribution in [2.24, 2.45) is 5.92 Å². The summed E-state index contributed by atoms with van der Waals surface area (Å²) in [5.74, 6) is -0.274. The van der Waals surface area contributed by atoms with Crippen LogP contribution in [0, 0.1) is 5.92 Å². The lowest BCUT2D eigenvalue weighted by Gasteiger charge is -2.25. The lowest BCUT2D eigenvalue weighted by Crippen LogP contribution is -2.32. The first-order valence-electron chi connectivity index (χ1n) is 5.41. The van der Waals surface area contributed by atoms with E-state index in [1.807, 2.05) is 13.0 Å². The number of pyridine rings is 1. The summed E-state index contributed by atoms with van der Waals surface area (Å²) in [6, 6.07) is 1.60. The third kappa shape index (κ3) is 1.27. The van der Waals surface area contributed by atoms with Crippen LogP contribution in [0.5, 0.6) is 0 Å². The van der Waals surface area contributed by atoms with Gasteiger partial charge >= 0.3 is 0 Å². The number of nitrogens with one attached hydrogen (secondary N) is 1. The molecule has 0 spiro atoms. The van der Waals surface area contributed by atoms with Gasteiger partial charge in [-0.1, -0.05) is 13.0 Å². The van der Waals surface area contributed by atoms with Crippen molar-refractivity contribution in [1.29, 1.82) is 0 Å². The van der Waals surface area contributed by atoms with Gasteiger partial charge in [0.1, 0.15) is 0 Å². The molecule has 0 aromatic carbocycles. The zero-order valence-corrected chi connectivity index (χ0v) is 9.23. The van der Waals surface area contributed by atoms with Gasteiger partial charge in [-0.05, 0) is 12.3 Å². The summed E-state index contributed by atoms with van der Waals surface area (Å²) in [5, 5.41) is 2.87. The number of nitrogens with zero attached hydrogens (tertiary/aromatic N) is 1. The molecule has 1 atom stereocenters. The number of fused-ring (bicyclic) bond motifs is 1. The molecule has 17 heavy (non-hydrogen) atoms. The Morgan fingerprint density at radius 2 is 2.06 bits per heavy atom. The predicted molar refractivity (Wildman–Crippen MR) is 61.4 cm³/mol. The zero-order valence-electron chi connectivity index (χ0n) is 9.23. The smallest absolute Gasteiger partial charge is 0.211 e. The highest BCUT2D eigenvalue weighted by molar-refractivity contribution is 6.27. The van der Waals surface area contributed by atoms with Crippen LogP contribution in [-0.4, -0.2) is 16.6 Å². The van der Waals surface area contributed by atoms with E-state index in [0.717, 1.165) is 0 Å². The lowest BCUT2D eigenvalue weighted by atomic mass is 9.81. The number of Topliss-reactive ketones (excluding diaryl/α,β-unsaturated/α-hetero) is 2. The van der Waals surface area contributed by atoms with Crippen LogP contribution in [0.2, 0.25) is 0 Å². The maximum Gasteiger partial charge on any atom is 0.211 e. The lowest BCUT2D eigenvalue weighted by molar-refractivity contribution is 0.0962. The maximum atomic E-state index is 12.3. The molecule has 4 heteroatoms. The number of ketones is 2. The number of carbonyl (C=O) groups is 2. The Morgan fingerprint density at radius 1 is 1.24 bits per heavy atom. The molecule has 0 saturated heterocycles. The third-order valence-electron chi connectivity index (χ3n) is 3.12. The van der Waals surface area contributed by atoms with Crippen LogP contribution in [0.3, 0.4) is 0 Å². The largest absolute Gasteiger partial charge is 0.358 e. The van der Waals surface area contributed by atoms with Crippen LogP contribution in [-0.2, 0) is 0 Å². The fourth-order valence-corrected chi connectivity index (χ4v) is 2.24. The van der Waals surface area contributed by atoms with Crippen LogP contribution < -0.4 is 5.32 Å². The minimum atomic E-state index is -0.154. The van der Waals surface area contributed by atoms with Gasteiger partial charge in [-0.2, -0.15) is 0 Å². The minimum absolute atomic E-state index is 0.0379. The first-order chi connectivity index (χ1) is 8.20. The second-order valence-corrected chi connectivity index (χ2v) is 4.16. The molecule has 84 valence electrons. The van der Waals surface area contributed by atoms with Crippen molar-refractivity contribution in [2.75, 3.05) is 0 Å². The van der Waals surface area contributed by atoms with Crippen molar-refractivity contribution < 1.29 is 9.59 Å². The van der Waals surface area contributed by atoms with E-state index in [4.69, 9.17) is 0 Å². The highest BCUT2D eigenvalue weighted by Crippen LogP contribution is 2.31. The summed E-state index contributed by atoms with van der Waals surface area (Å²) in [7, 11) is 0. The highest BCUT2D eigenvalue weighted by Gasteiger charge is 2.35. The van der Waals surface area contributed by atoms with E-state index >= 15 is 0 Å². The summed E-state index contributed by atoms with van der Waals surface area (Å²) in [6.07, 6.45) is 6.56. The predicted octanol–water partition coefficient (Wildman–Crippen LogP) is 1.47. The number of carbonyl (C=O) groups excluding carboxylic acids is 2. The van der Waals surface area contributed by atoms with Gasteiger partial charge in [-0.25, -0.2) is 0 Å². The summed E-state index contributed by atoms with van der Waals surface area (Å²) < 4.78 is 0. The molecule has 0 radical (unpaired) electrons. The van der Waals surface area contributed by atoms with Crippen molar-refractivity contribution in [1.82, 2.24) is 10.3 Å². The van der Waals surface area contributed by atoms with Crippen molar-refractivity contribution in [2.45, 2.75) is 6.92 Å². The molecule has 1 aliphatic carbocycles. The van der Waals surface area contributed by atoms with Gasteiger partial charge in [0.15, 0.2) is 5.78 Å². The number of hydrogen-bond donors (Lipinski definition) is 1. The van der Waals surface area contributed by atoms with Crippen molar-refractivity contribution in [3.63, 3.8) is 0 Å². The molecule has 4 nitrogen and oxygen atoms in total. The molecule has 0 amide bonds. The molecule has 1 aromatic heterocycles. The Labute approximate surface area is 98.1 Å².